The van der Waals surface area contributed by atoms with Crippen LogP contribution in [0.5, 0.6) is 5.75 Å². The Morgan fingerprint density at radius 2 is 1.43 bits per heavy atom. The third-order valence-electron chi connectivity index (χ3n) is 3.45. The molecule has 0 unspecified atom stereocenters. The first-order valence-corrected chi connectivity index (χ1v) is 6.47. The molecule has 0 fully saturated rings. The average molecular weight is 278 g/mol. The summed E-state index contributed by atoms with van der Waals surface area (Å²) in [6.45, 7) is 0. The van der Waals surface area contributed by atoms with Crippen molar-refractivity contribution in [2.24, 2.45) is 0 Å². The molecule has 4 rings (SSSR count). The molecule has 2 aromatic rings. The fourth-order valence-electron chi connectivity index (χ4n) is 2.50. The highest BCUT2D eigenvalue weighted by Crippen LogP contribution is 2.38. The van der Waals surface area contributed by atoms with Gasteiger partial charge >= 0.3 is 0 Å². The third-order valence-corrected chi connectivity index (χ3v) is 3.45. The Labute approximate surface area is 120 Å². The molecule has 2 aliphatic rings. The van der Waals surface area contributed by atoms with Crippen molar-refractivity contribution < 1.29 is 14.3 Å². The topological polar surface area (TPSA) is 67.4 Å². The number of anilines is 2. The van der Waals surface area contributed by atoms with E-state index in [9.17, 15) is 9.59 Å². The standard InChI is InChI=1S/C16H10N2O3/c19-15-13(9-5-1-2-6-10(9)17-15)14-16(20)18-11-7-3-4-8-12(11)21-14/h1-8H,(H,17,19)(H,18,20). The Kier molecular flexibility index (Phi) is 2.35. The van der Waals surface area contributed by atoms with E-state index in [1.807, 2.05) is 12.1 Å². The number of carbonyl (C=O) groups is 2. The normalized spacial score (nSPS) is 19.2. The second-order valence-corrected chi connectivity index (χ2v) is 4.76. The first kappa shape index (κ1) is 11.7. The number of amides is 2. The Bertz CT molecular complexity index is 824. The van der Waals surface area contributed by atoms with Gasteiger partial charge in [0.1, 0.15) is 0 Å². The highest BCUT2D eigenvalue weighted by molar-refractivity contribution is 6.35. The number of rotatable bonds is 0. The van der Waals surface area contributed by atoms with Crippen LogP contribution in [-0.2, 0) is 9.59 Å². The molecule has 21 heavy (non-hydrogen) atoms. The number of hydrogen-bond donors (Lipinski definition) is 2. The van der Waals surface area contributed by atoms with Gasteiger partial charge in [0.2, 0.25) is 5.76 Å². The molecule has 102 valence electrons. The van der Waals surface area contributed by atoms with Crippen molar-refractivity contribution in [3.63, 3.8) is 0 Å². The number of hydrogen-bond acceptors (Lipinski definition) is 3. The van der Waals surface area contributed by atoms with Crippen LogP contribution < -0.4 is 15.4 Å². The van der Waals surface area contributed by atoms with Crippen molar-refractivity contribution in [1.29, 1.82) is 0 Å². The maximum atomic E-state index is 12.2. The highest BCUT2D eigenvalue weighted by atomic mass is 16.5. The molecule has 0 aliphatic carbocycles. The van der Waals surface area contributed by atoms with E-state index < -0.39 is 5.91 Å². The molecule has 2 amide bonds. The van der Waals surface area contributed by atoms with Crippen LogP contribution in [0, 0.1) is 0 Å². The van der Waals surface area contributed by atoms with Gasteiger partial charge in [-0.25, -0.2) is 0 Å². The molecule has 0 saturated heterocycles. The summed E-state index contributed by atoms with van der Waals surface area (Å²) < 4.78 is 5.66. The predicted octanol–water partition coefficient (Wildman–Crippen LogP) is 2.38. The Morgan fingerprint density at radius 3 is 2.29 bits per heavy atom. The molecular weight excluding hydrogens is 268 g/mol. The van der Waals surface area contributed by atoms with Gasteiger partial charge in [0.05, 0.1) is 11.3 Å². The molecule has 0 bridgehead atoms. The lowest BCUT2D eigenvalue weighted by atomic mass is 10.0. The van der Waals surface area contributed by atoms with Gasteiger partial charge in [0, 0.05) is 11.3 Å². The van der Waals surface area contributed by atoms with Crippen LogP contribution in [0.4, 0.5) is 11.4 Å². The third kappa shape index (κ3) is 1.71. The average Bonchev–Trinajstić information content (AvgIpc) is 2.82. The minimum Gasteiger partial charge on any atom is -0.448 e. The molecular formula is C16H10N2O3. The minimum absolute atomic E-state index is 0.0242. The van der Waals surface area contributed by atoms with Crippen molar-refractivity contribution in [2.75, 3.05) is 10.6 Å². The zero-order chi connectivity index (χ0) is 14.4. The smallest absolute Gasteiger partial charge is 0.292 e. The van der Waals surface area contributed by atoms with Crippen LogP contribution >= 0.6 is 0 Å². The number of nitrogens with one attached hydrogen (secondary N) is 2. The summed E-state index contributed by atoms with van der Waals surface area (Å²) in [4.78, 5) is 24.4. The van der Waals surface area contributed by atoms with Gasteiger partial charge in [-0.3, -0.25) is 9.59 Å². The maximum absolute atomic E-state index is 12.2. The van der Waals surface area contributed by atoms with Crippen molar-refractivity contribution in [3.8, 4) is 5.75 Å². The SMILES string of the molecule is O=C1Nc2ccccc2OC1=C1C(=O)Nc2ccccc21. The molecule has 0 aromatic heterocycles. The quantitative estimate of drug-likeness (QED) is 0.727. The largest absolute Gasteiger partial charge is 0.448 e. The fraction of sp³-hybridized carbons (Fsp3) is 0. The van der Waals surface area contributed by atoms with Crippen LogP contribution in [0.25, 0.3) is 5.57 Å². The van der Waals surface area contributed by atoms with Crippen LogP contribution in [0.3, 0.4) is 0 Å². The predicted molar refractivity (Wildman–Crippen MR) is 77.7 cm³/mol. The van der Waals surface area contributed by atoms with E-state index in [0.717, 1.165) is 0 Å². The first-order chi connectivity index (χ1) is 10.2. The second kappa shape index (κ2) is 4.21. The number of carbonyl (C=O) groups excluding carboxylic acids is 2. The fourth-order valence-corrected chi connectivity index (χ4v) is 2.50. The zero-order valence-electron chi connectivity index (χ0n) is 10.8. The summed E-state index contributed by atoms with van der Waals surface area (Å²) >= 11 is 0. The monoisotopic (exact) mass is 278 g/mol. The Morgan fingerprint density at radius 1 is 0.762 bits per heavy atom. The van der Waals surface area contributed by atoms with E-state index in [4.69, 9.17) is 4.74 Å². The molecule has 2 heterocycles. The molecule has 0 radical (unpaired) electrons. The summed E-state index contributed by atoms with van der Waals surface area (Å²) in [6.07, 6.45) is 0. The van der Waals surface area contributed by atoms with Gasteiger partial charge in [-0.05, 0) is 18.2 Å². The highest BCUT2D eigenvalue weighted by Gasteiger charge is 2.34. The number of fused-ring (bicyclic) bond motifs is 2. The summed E-state index contributed by atoms with van der Waals surface area (Å²) in [5, 5.41) is 5.47. The van der Waals surface area contributed by atoms with E-state index in [1.165, 1.54) is 0 Å². The first-order valence-electron chi connectivity index (χ1n) is 6.47. The number of benzene rings is 2. The summed E-state index contributed by atoms with van der Waals surface area (Å²) in [7, 11) is 0. The molecule has 2 aliphatic heterocycles. The summed E-state index contributed by atoms with van der Waals surface area (Å²) in [5.41, 5.74) is 2.21. The van der Waals surface area contributed by atoms with Gasteiger partial charge in [-0.2, -0.15) is 0 Å². The lowest BCUT2D eigenvalue weighted by Crippen LogP contribution is -2.26. The molecule has 0 saturated carbocycles. The van der Waals surface area contributed by atoms with E-state index in [1.54, 1.807) is 36.4 Å². The zero-order valence-corrected chi connectivity index (χ0v) is 10.8. The van der Waals surface area contributed by atoms with E-state index in [-0.39, 0.29) is 17.2 Å². The van der Waals surface area contributed by atoms with Crippen molar-refractivity contribution >= 4 is 28.8 Å². The van der Waals surface area contributed by atoms with Gasteiger partial charge in [-0.1, -0.05) is 30.3 Å². The molecule has 2 N–H and O–H groups in total. The van der Waals surface area contributed by atoms with Gasteiger partial charge in [0.15, 0.2) is 5.75 Å². The number of ether oxygens (including phenoxy) is 1. The van der Waals surface area contributed by atoms with Gasteiger partial charge < -0.3 is 15.4 Å². The second-order valence-electron chi connectivity index (χ2n) is 4.76. The van der Waals surface area contributed by atoms with Gasteiger partial charge in [-0.15, -0.1) is 0 Å². The molecule has 0 spiro atoms. The van der Waals surface area contributed by atoms with Crippen molar-refractivity contribution in [3.05, 3.63) is 59.9 Å². The Balaban J connectivity index is 1.90. The summed E-state index contributed by atoms with van der Waals surface area (Å²) in [6, 6.07) is 14.3. The van der Waals surface area contributed by atoms with E-state index in [2.05, 4.69) is 10.6 Å². The molecule has 0 atom stereocenters. The number of para-hydroxylation sites is 3. The molecule has 5 heteroatoms. The lowest BCUT2D eigenvalue weighted by molar-refractivity contribution is -0.116. The summed E-state index contributed by atoms with van der Waals surface area (Å²) in [5.74, 6) is -0.204. The van der Waals surface area contributed by atoms with Crippen LogP contribution in [0.1, 0.15) is 5.56 Å². The van der Waals surface area contributed by atoms with Crippen molar-refractivity contribution in [1.82, 2.24) is 0 Å². The van der Waals surface area contributed by atoms with Gasteiger partial charge in [0.25, 0.3) is 11.8 Å². The molecule has 5 nitrogen and oxygen atoms in total. The molecule has 2 aromatic carbocycles. The van der Waals surface area contributed by atoms with Crippen molar-refractivity contribution in [2.45, 2.75) is 0 Å². The van der Waals surface area contributed by atoms with Crippen LogP contribution in [0.15, 0.2) is 54.3 Å². The van der Waals surface area contributed by atoms with Crippen LogP contribution in [-0.4, -0.2) is 11.8 Å². The van der Waals surface area contributed by atoms with E-state index in [0.29, 0.717) is 22.7 Å². The maximum Gasteiger partial charge on any atom is 0.292 e. The Hall–Kier alpha value is -3.08. The van der Waals surface area contributed by atoms with E-state index >= 15 is 0 Å². The lowest BCUT2D eigenvalue weighted by Gasteiger charge is -2.20. The van der Waals surface area contributed by atoms with Crippen LogP contribution in [0.2, 0.25) is 0 Å². The minimum atomic E-state index is -0.421.